The van der Waals surface area contributed by atoms with Crippen LogP contribution in [0.1, 0.15) is 24.0 Å². The number of ether oxygens (including phenoxy) is 2. The predicted molar refractivity (Wildman–Crippen MR) is 133 cm³/mol. The lowest BCUT2D eigenvalue weighted by molar-refractivity contribution is -0.129. The fraction of sp³-hybridized carbons (Fsp3) is 0.417. The number of methoxy groups -OCH3 is 1. The van der Waals surface area contributed by atoms with Crippen molar-refractivity contribution in [3.05, 3.63) is 59.7 Å². The Morgan fingerprint density at radius 3 is 2.53 bits per heavy atom. The number of likely N-dealkylation sites (tertiary alicyclic amines) is 1. The Labute approximate surface area is 203 Å². The summed E-state index contributed by atoms with van der Waals surface area (Å²) in [6, 6.07) is 15.2. The molecule has 8 heteroatoms. The van der Waals surface area contributed by atoms with Gasteiger partial charge in [-0.05, 0) is 56.8 Å². The zero-order chi connectivity index (χ0) is 23.3. The van der Waals surface area contributed by atoms with E-state index in [1.54, 1.807) is 12.0 Å². The highest BCUT2D eigenvalue weighted by molar-refractivity contribution is 14.1. The molecule has 1 N–H and O–H groups in total. The van der Waals surface area contributed by atoms with E-state index >= 15 is 0 Å². The van der Waals surface area contributed by atoms with Crippen LogP contribution in [0.5, 0.6) is 5.75 Å². The second kappa shape index (κ2) is 10.5. The molecule has 1 heterocycles. The van der Waals surface area contributed by atoms with Gasteiger partial charge in [-0.3, -0.25) is 14.6 Å². The van der Waals surface area contributed by atoms with Crippen molar-refractivity contribution in [2.45, 2.75) is 36.0 Å². The summed E-state index contributed by atoms with van der Waals surface area (Å²) in [5, 5.41) is 3.09. The van der Waals surface area contributed by atoms with Crippen LogP contribution in [-0.4, -0.2) is 59.1 Å². The van der Waals surface area contributed by atoms with Crippen LogP contribution in [-0.2, 0) is 16.1 Å². The Bertz CT molecular complexity index is 954. The molecule has 2 atom stereocenters. The molecule has 3 rings (SSSR count). The number of carbonyl (C=O) groups is 2. The number of benzene rings is 2. The van der Waals surface area contributed by atoms with Crippen LogP contribution in [0.4, 0.5) is 10.5 Å². The van der Waals surface area contributed by atoms with Gasteiger partial charge in [0.05, 0.1) is 11.2 Å². The van der Waals surface area contributed by atoms with Crippen molar-refractivity contribution in [3.63, 3.8) is 0 Å². The molecule has 0 spiro atoms. The number of nitrogens with zero attached hydrogens (tertiary/aromatic N) is 2. The smallest absolute Gasteiger partial charge is 0.410 e. The van der Waals surface area contributed by atoms with Crippen molar-refractivity contribution in [2.24, 2.45) is 0 Å². The molecule has 2 aromatic carbocycles. The van der Waals surface area contributed by atoms with Crippen molar-refractivity contribution < 1.29 is 19.1 Å². The molecule has 0 bridgehead atoms. The van der Waals surface area contributed by atoms with Gasteiger partial charge in [0, 0.05) is 18.7 Å². The highest BCUT2D eigenvalue weighted by Gasteiger charge is 2.48. The van der Waals surface area contributed by atoms with Gasteiger partial charge in [0.15, 0.2) is 0 Å². The van der Waals surface area contributed by atoms with Crippen LogP contribution in [0, 0.1) is 6.92 Å². The molecule has 1 fully saturated rings. The van der Waals surface area contributed by atoms with Crippen LogP contribution in [0.2, 0.25) is 0 Å². The first-order chi connectivity index (χ1) is 15.3. The molecule has 0 radical (unpaired) electrons. The number of anilines is 1. The Kier molecular flexibility index (Phi) is 8.00. The second-order valence-corrected chi connectivity index (χ2v) is 9.62. The quantitative estimate of drug-likeness (QED) is 0.327. The standard InChI is InChI=1S/C24H30IN3O4/c1-17-14-19(31-4)10-11-20(17)26-22(29)24(27(2)3)12-13-28(21(25)15-24)23(30)32-16-18-8-6-5-7-9-18/h5-11,14,21H,12-13,15-16H2,1-4H3,(H,26,29). The number of aryl methyl sites for hydroxylation is 1. The molecule has 2 amide bonds. The van der Waals surface area contributed by atoms with E-state index in [0.717, 1.165) is 22.6 Å². The highest BCUT2D eigenvalue weighted by atomic mass is 127. The van der Waals surface area contributed by atoms with Gasteiger partial charge in [0.2, 0.25) is 5.91 Å². The summed E-state index contributed by atoms with van der Waals surface area (Å²) in [7, 11) is 5.44. The van der Waals surface area contributed by atoms with E-state index in [1.165, 1.54) is 0 Å². The molecular formula is C24H30IN3O4. The molecule has 0 aliphatic carbocycles. The molecule has 1 aliphatic rings. The lowest BCUT2D eigenvalue weighted by Gasteiger charge is -2.46. The third kappa shape index (κ3) is 5.35. The van der Waals surface area contributed by atoms with Gasteiger partial charge < -0.3 is 14.8 Å². The summed E-state index contributed by atoms with van der Waals surface area (Å²) in [4.78, 5) is 29.8. The monoisotopic (exact) mass is 551 g/mol. The van der Waals surface area contributed by atoms with Gasteiger partial charge in [0.25, 0.3) is 0 Å². The summed E-state index contributed by atoms with van der Waals surface area (Å²) >= 11 is 2.23. The summed E-state index contributed by atoms with van der Waals surface area (Å²) in [6.07, 6.45) is 0.662. The lowest BCUT2D eigenvalue weighted by Crippen LogP contribution is -2.62. The predicted octanol–water partition coefficient (Wildman–Crippen LogP) is 4.44. The van der Waals surface area contributed by atoms with Crippen molar-refractivity contribution >= 4 is 40.3 Å². The Hall–Kier alpha value is -2.33. The zero-order valence-corrected chi connectivity index (χ0v) is 21.1. The molecule has 0 saturated carbocycles. The third-order valence-corrected chi connectivity index (χ3v) is 7.12. The first-order valence-corrected chi connectivity index (χ1v) is 11.8. The minimum atomic E-state index is -0.728. The minimum Gasteiger partial charge on any atom is -0.497 e. The Morgan fingerprint density at radius 2 is 1.94 bits per heavy atom. The second-order valence-electron chi connectivity index (χ2n) is 8.18. The molecule has 1 saturated heterocycles. The largest absolute Gasteiger partial charge is 0.497 e. The van der Waals surface area contributed by atoms with Crippen molar-refractivity contribution in [1.29, 1.82) is 0 Å². The summed E-state index contributed by atoms with van der Waals surface area (Å²) in [5.41, 5.74) is 1.90. The third-order valence-electron chi connectivity index (χ3n) is 6.01. The lowest BCUT2D eigenvalue weighted by atomic mass is 9.85. The van der Waals surface area contributed by atoms with Crippen LogP contribution < -0.4 is 10.1 Å². The molecule has 2 unspecified atom stereocenters. The average molecular weight is 551 g/mol. The van der Waals surface area contributed by atoms with Gasteiger partial charge in [-0.15, -0.1) is 0 Å². The van der Waals surface area contributed by atoms with Crippen molar-refractivity contribution in [1.82, 2.24) is 9.80 Å². The SMILES string of the molecule is COc1ccc(NC(=O)C2(N(C)C)CCN(C(=O)OCc3ccccc3)C(I)C2)c(C)c1. The maximum absolute atomic E-state index is 13.4. The molecule has 172 valence electrons. The van der Waals surface area contributed by atoms with Gasteiger partial charge in [-0.25, -0.2) is 4.79 Å². The van der Waals surface area contributed by atoms with Crippen LogP contribution in [0.15, 0.2) is 48.5 Å². The van der Waals surface area contributed by atoms with Gasteiger partial charge in [-0.1, -0.05) is 52.9 Å². The number of rotatable bonds is 6. The van der Waals surface area contributed by atoms with E-state index in [-0.39, 0.29) is 22.7 Å². The van der Waals surface area contributed by atoms with Crippen LogP contribution in [0.3, 0.4) is 0 Å². The van der Waals surface area contributed by atoms with Gasteiger partial charge >= 0.3 is 6.09 Å². The zero-order valence-electron chi connectivity index (χ0n) is 18.9. The molecule has 7 nitrogen and oxygen atoms in total. The Morgan fingerprint density at radius 1 is 1.22 bits per heavy atom. The summed E-state index contributed by atoms with van der Waals surface area (Å²) in [5.74, 6) is 0.673. The van der Waals surface area contributed by atoms with E-state index in [1.807, 2.05) is 74.4 Å². The van der Waals surface area contributed by atoms with E-state index in [9.17, 15) is 9.59 Å². The first kappa shape index (κ1) is 24.3. The number of carbonyl (C=O) groups excluding carboxylic acids is 2. The molecule has 2 aromatic rings. The fourth-order valence-electron chi connectivity index (χ4n) is 3.90. The fourth-order valence-corrected chi connectivity index (χ4v) is 5.14. The number of hydrogen-bond acceptors (Lipinski definition) is 5. The van der Waals surface area contributed by atoms with Gasteiger partial charge in [-0.2, -0.15) is 0 Å². The normalized spacial score (nSPS) is 20.7. The number of nitrogens with one attached hydrogen (secondary N) is 1. The maximum atomic E-state index is 13.4. The van der Waals surface area contributed by atoms with E-state index in [2.05, 4.69) is 27.9 Å². The van der Waals surface area contributed by atoms with Crippen molar-refractivity contribution in [3.8, 4) is 5.75 Å². The van der Waals surface area contributed by atoms with E-state index < -0.39 is 5.54 Å². The van der Waals surface area contributed by atoms with Crippen molar-refractivity contribution in [2.75, 3.05) is 33.1 Å². The van der Waals surface area contributed by atoms with Gasteiger partial charge in [0.1, 0.15) is 17.9 Å². The number of likely N-dealkylation sites (N-methyl/N-ethyl adjacent to an activating group) is 1. The summed E-state index contributed by atoms with van der Waals surface area (Å²) < 4.78 is 10.6. The van der Waals surface area contributed by atoms with Crippen LogP contribution >= 0.6 is 22.6 Å². The topological polar surface area (TPSA) is 71.1 Å². The number of alkyl halides is 1. The molecular weight excluding hydrogens is 521 g/mol. The molecule has 1 aliphatic heterocycles. The first-order valence-electron chi connectivity index (χ1n) is 10.5. The minimum absolute atomic E-state index is 0.0743. The number of halogens is 1. The Balaban J connectivity index is 1.68. The van der Waals surface area contributed by atoms with E-state index in [0.29, 0.717) is 19.4 Å². The number of hydrogen-bond donors (Lipinski definition) is 1. The maximum Gasteiger partial charge on any atom is 0.410 e. The van der Waals surface area contributed by atoms with Crippen LogP contribution in [0.25, 0.3) is 0 Å². The molecule has 32 heavy (non-hydrogen) atoms. The highest BCUT2D eigenvalue weighted by Crippen LogP contribution is 2.36. The number of amides is 2. The molecule has 0 aromatic heterocycles. The summed E-state index contributed by atoms with van der Waals surface area (Å²) in [6.45, 7) is 2.61. The van der Waals surface area contributed by atoms with E-state index in [4.69, 9.17) is 9.47 Å². The number of piperidine rings is 1. The average Bonchev–Trinajstić information content (AvgIpc) is 2.79.